The second-order valence-electron chi connectivity index (χ2n) is 4.32. The van der Waals surface area contributed by atoms with Crippen LogP contribution in [-0.4, -0.2) is 39.1 Å². The number of hydrogen-bond donors (Lipinski definition) is 3. The van der Waals surface area contributed by atoms with Crippen molar-refractivity contribution in [2.75, 3.05) is 37.9 Å². The maximum Gasteiger partial charge on any atom is 0.250 e. The van der Waals surface area contributed by atoms with Gasteiger partial charge in [-0.1, -0.05) is 6.07 Å². The third-order valence-electron chi connectivity index (χ3n) is 2.54. The van der Waals surface area contributed by atoms with Gasteiger partial charge in [0.25, 0.3) is 0 Å². The van der Waals surface area contributed by atoms with E-state index in [0.29, 0.717) is 17.8 Å². The maximum atomic E-state index is 11.7. The highest BCUT2D eigenvalue weighted by atomic mass is 16.5. The van der Waals surface area contributed by atoms with E-state index in [4.69, 9.17) is 4.74 Å². The quantitative estimate of drug-likeness (QED) is 0.625. The van der Waals surface area contributed by atoms with Gasteiger partial charge in [-0.25, -0.2) is 0 Å². The van der Waals surface area contributed by atoms with Crippen molar-refractivity contribution in [2.45, 2.75) is 12.8 Å². The fourth-order valence-corrected chi connectivity index (χ4v) is 1.65. The van der Waals surface area contributed by atoms with Crippen molar-refractivity contribution in [3.63, 3.8) is 0 Å². The van der Waals surface area contributed by atoms with Crippen LogP contribution in [0, 0.1) is 0 Å². The number of amides is 2. The molecule has 0 radical (unpaired) electrons. The third-order valence-corrected chi connectivity index (χ3v) is 2.54. The smallest absolute Gasteiger partial charge is 0.250 e. The van der Waals surface area contributed by atoms with Gasteiger partial charge < -0.3 is 20.7 Å². The third kappa shape index (κ3) is 6.31. The largest absolute Gasteiger partial charge is 0.375 e. The fraction of sp³-hybridized carbons (Fsp3) is 0.429. The highest BCUT2D eigenvalue weighted by Gasteiger charge is 2.04. The van der Waals surface area contributed by atoms with Crippen molar-refractivity contribution in [3.05, 3.63) is 24.3 Å². The Morgan fingerprint density at radius 2 is 1.80 bits per heavy atom. The van der Waals surface area contributed by atoms with Crippen LogP contribution in [0.1, 0.15) is 12.8 Å². The average Bonchev–Trinajstić information content (AvgIpc) is 2.39. The van der Waals surface area contributed by atoms with E-state index in [0.717, 1.165) is 13.0 Å². The highest BCUT2D eigenvalue weighted by molar-refractivity contribution is 5.94. The molecular weight excluding hydrogens is 258 g/mol. The molecule has 110 valence electrons. The van der Waals surface area contributed by atoms with Crippen LogP contribution in [0.5, 0.6) is 0 Å². The van der Waals surface area contributed by atoms with E-state index in [2.05, 4.69) is 16.0 Å². The van der Waals surface area contributed by atoms with E-state index >= 15 is 0 Å². The van der Waals surface area contributed by atoms with Gasteiger partial charge in [0.05, 0.1) is 0 Å². The van der Waals surface area contributed by atoms with Gasteiger partial charge in [-0.05, 0) is 38.2 Å². The molecule has 1 aromatic rings. The molecule has 0 aliphatic rings. The summed E-state index contributed by atoms with van der Waals surface area (Å²) in [6.07, 6.45) is 1.24. The number of nitrogens with one attached hydrogen (secondary N) is 3. The Labute approximate surface area is 118 Å². The molecule has 0 aliphatic carbocycles. The Morgan fingerprint density at radius 3 is 2.40 bits per heavy atom. The lowest BCUT2D eigenvalue weighted by Gasteiger charge is -2.08. The molecule has 0 saturated carbocycles. The summed E-state index contributed by atoms with van der Waals surface area (Å²) in [5, 5.41) is 8.47. The molecule has 1 aromatic carbocycles. The maximum absolute atomic E-state index is 11.7. The summed E-state index contributed by atoms with van der Waals surface area (Å²) in [5.41, 5.74) is 1.29. The fourth-order valence-electron chi connectivity index (χ4n) is 1.65. The Bertz CT molecular complexity index is 449. The van der Waals surface area contributed by atoms with Crippen LogP contribution in [0.3, 0.4) is 0 Å². The normalized spacial score (nSPS) is 10.1. The Kier molecular flexibility index (Phi) is 7.31. The molecule has 0 unspecified atom stereocenters. The molecule has 0 fully saturated rings. The van der Waals surface area contributed by atoms with Gasteiger partial charge in [-0.3, -0.25) is 9.59 Å². The molecule has 6 heteroatoms. The standard InChI is InChI=1S/C14H21N3O3/c1-15-8-4-7-13(18)16-11-5-3-6-12(9-11)17-14(19)10-20-2/h3,5-6,9,15H,4,7-8,10H2,1-2H3,(H,16,18)(H,17,19). The number of rotatable bonds is 8. The second kappa shape index (κ2) is 9.06. The summed E-state index contributed by atoms with van der Waals surface area (Å²) in [6.45, 7) is 0.807. The minimum Gasteiger partial charge on any atom is -0.375 e. The predicted molar refractivity (Wildman–Crippen MR) is 78.7 cm³/mol. The van der Waals surface area contributed by atoms with E-state index < -0.39 is 0 Å². The summed E-state index contributed by atoms with van der Waals surface area (Å²) in [5.74, 6) is -0.273. The zero-order valence-corrected chi connectivity index (χ0v) is 11.9. The Balaban J connectivity index is 2.50. The molecule has 0 spiro atoms. The molecule has 0 heterocycles. The van der Waals surface area contributed by atoms with Crippen molar-refractivity contribution in [1.82, 2.24) is 5.32 Å². The Hall–Kier alpha value is -1.92. The van der Waals surface area contributed by atoms with E-state index in [9.17, 15) is 9.59 Å². The van der Waals surface area contributed by atoms with Gasteiger partial charge in [0.15, 0.2) is 0 Å². The lowest BCUT2D eigenvalue weighted by molar-refractivity contribution is -0.119. The van der Waals surface area contributed by atoms with Gasteiger partial charge in [0.1, 0.15) is 6.61 Å². The zero-order chi connectivity index (χ0) is 14.8. The number of methoxy groups -OCH3 is 1. The molecule has 0 aromatic heterocycles. The average molecular weight is 279 g/mol. The first-order chi connectivity index (χ1) is 9.65. The van der Waals surface area contributed by atoms with Crippen molar-refractivity contribution in [3.8, 4) is 0 Å². The lowest BCUT2D eigenvalue weighted by Crippen LogP contribution is -2.18. The molecule has 0 atom stereocenters. The molecular formula is C14H21N3O3. The molecule has 20 heavy (non-hydrogen) atoms. The van der Waals surface area contributed by atoms with Crippen molar-refractivity contribution >= 4 is 23.2 Å². The van der Waals surface area contributed by atoms with Gasteiger partial charge in [-0.15, -0.1) is 0 Å². The molecule has 0 bridgehead atoms. The van der Waals surface area contributed by atoms with E-state index in [-0.39, 0.29) is 18.4 Å². The second-order valence-corrected chi connectivity index (χ2v) is 4.32. The number of carbonyl (C=O) groups is 2. The van der Waals surface area contributed by atoms with Crippen molar-refractivity contribution in [1.29, 1.82) is 0 Å². The van der Waals surface area contributed by atoms with Crippen LogP contribution in [0.2, 0.25) is 0 Å². The SMILES string of the molecule is CNCCCC(=O)Nc1cccc(NC(=O)COC)c1. The van der Waals surface area contributed by atoms with Crippen LogP contribution in [0.4, 0.5) is 11.4 Å². The number of anilines is 2. The van der Waals surface area contributed by atoms with E-state index in [1.165, 1.54) is 7.11 Å². The van der Waals surface area contributed by atoms with Crippen LogP contribution >= 0.6 is 0 Å². The van der Waals surface area contributed by atoms with Crippen molar-refractivity contribution in [2.24, 2.45) is 0 Å². The number of ether oxygens (including phenoxy) is 1. The summed E-state index contributed by atoms with van der Waals surface area (Å²) >= 11 is 0. The number of carbonyl (C=O) groups excluding carboxylic acids is 2. The van der Waals surface area contributed by atoms with Crippen LogP contribution < -0.4 is 16.0 Å². The van der Waals surface area contributed by atoms with Crippen LogP contribution in [-0.2, 0) is 14.3 Å². The van der Waals surface area contributed by atoms with Gasteiger partial charge in [0.2, 0.25) is 11.8 Å². The molecule has 6 nitrogen and oxygen atoms in total. The highest BCUT2D eigenvalue weighted by Crippen LogP contribution is 2.15. The molecule has 0 saturated heterocycles. The topological polar surface area (TPSA) is 79.5 Å². The summed E-state index contributed by atoms with van der Waals surface area (Å²) < 4.78 is 4.74. The monoisotopic (exact) mass is 279 g/mol. The number of hydrogen-bond acceptors (Lipinski definition) is 4. The first-order valence-corrected chi connectivity index (χ1v) is 6.49. The molecule has 3 N–H and O–H groups in total. The first kappa shape index (κ1) is 16.1. The zero-order valence-electron chi connectivity index (χ0n) is 11.9. The van der Waals surface area contributed by atoms with Crippen LogP contribution in [0.15, 0.2) is 24.3 Å². The summed E-state index contributed by atoms with van der Waals surface area (Å²) in [6, 6.07) is 7.02. The van der Waals surface area contributed by atoms with E-state index in [1.807, 2.05) is 7.05 Å². The Morgan fingerprint density at radius 1 is 1.15 bits per heavy atom. The lowest BCUT2D eigenvalue weighted by atomic mass is 10.2. The molecule has 1 rings (SSSR count). The van der Waals surface area contributed by atoms with Gasteiger partial charge >= 0.3 is 0 Å². The van der Waals surface area contributed by atoms with Gasteiger partial charge in [-0.2, -0.15) is 0 Å². The summed E-state index contributed by atoms with van der Waals surface area (Å²) in [7, 11) is 3.31. The van der Waals surface area contributed by atoms with Gasteiger partial charge in [0, 0.05) is 24.9 Å². The molecule has 0 aliphatic heterocycles. The number of benzene rings is 1. The minimum atomic E-state index is -0.231. The predicted octanol–water partition coefficient (Wildman–Crippen LogP) is 1.21. The van der Waals surface area contributed by atoms with E-state index in [1.54, 1.807) is 24.3 Å². The first-order valence-electron chi connectivity index (χ1n) is 6.49. The van der Waals surface area contributed by atoms with Crippen LogP contribution in [0.25, 0.3) is 0 Å². The molecule has 2 amide bonds. The minimum absolute atomic E-state index is 0.000600. The van der Waals surface area contributed by atoms with Crippen molar-refractivity contribution < 1.29 is 14.3 Å². The summed E-state index contributed by atoms with van der Waals surface area (Å²) in [4.78, 5) is 23.1.